The van der Waals surface area contributed by atoms with Gasteiger partial charge >= 0.3 is 0 Å². The lowest BCUT2D eigenvalue weighted by Crippen LogP contribution is -2.38. The summed E-state index contributed by atoms with van der Waals surface area (Å²) in [4.78, 5) is 14.9. The molecule has 0 aliphatic heterocycles. The van der Waals surface area contributed by atoms with Crippen molar-refractivity contribution in [2.75, 3.05) is 14.1 Å². The van der Waals surface area contributed by atoms with Crippen LogP contribution in [0.4, 0.5) is 0 Å². The summed E-state index contributed by atoms with van der Waals surface area (Å²) in [6.45, 7) is 3.28. The Bertz CT molecular complexity index is 656. The minimum absolute atomic E-state index is 0.621. The topological polar surface area (TPSA) is 53.4 Å². The normalized spacial score (nSPS) is 11.4. The van der Waals surface area contributed by atoms with Crippen LogP contribution >= 0.6 is 15.9 Å². The zero-order valence-corrected chi connectivity index (χ0v) is 14.6. The summed E-state index contributed by atoms with van der Waals surface area (Å²) in [5, 5.41) is 3.32. The van der Waals surface area contributed by atoms with E-state index in [1.807, 2.05) is 38.2 Å². The van der Waals surface area contributed by atoms with E-state index < -0.39 is 0 Å². The molecule has 0 unspecified atom stereocenters. The molecule has 0 spiro atoms. The number of aliphatic imine (C=N–C) groups is 1. The number of hydrogen-bond donors (Lipinski definition) is 1. The molecule has 0 fully saturated rings. The Kier molecular flexibility index (Phi) is 5.89. The van der Waals surface area contributed by atoms with Gasteiger partial charge in [0, 0.05) is 31.3 Å². The first-order valence-electron chi connectivity index (χ1n) is 7.04. The molecule has 0 aliphatic rings. The van der Waals surface area contributed by atoms with E-state index in [0.717, 1.165) is 28.5 Å². The van der Waals surface area contributed by atoms with Crippen LogP contribution in [0.5, 0.6) is 0 Å². The van der Waals surface area contributed by atoms with E-state index in [9.17, 15) is 0 Å². The maximum absolute atomic E-state index is 4.38. The van der Waals surface area contributed by atoms with E-state index in [4.69, 9.17) is 0 Å². The molecule has 0 saturated carbocycles. The van der Waals surface area contributed by atoms with Crippen LogP contribution in [0, 0.1) is 6.92 Å². The summed E-state index contributed by atoms with van der Waals surface area (Å²) in [6, 6.07) is 10.1. The Morgan fingerprint density at radius 2 is 2.09 bits per heavy atom. The van der Waals surface area contributed by atoms with E-state index in [1.165, 1.54) is 5.56 Å². The predicted octanol–water partition coefficient (Wildman–Crippen LogP) is 2.75. The average Bonchev–Trinajstić information content (AvgIpc) is 2.50. The van der Waals surface area contributed by atoms with Gasteiger partial charge in [-0.05, 0) is 24.6 Å². The van der Waals surface area contributed by atoms with Crippen LogP contribution in [0.2, 0.25) is 0 Å². The van der Waals surface area contributed by atoms with Gasteiger partial charge in [0.25, 0.3) is 0 Å². The molecule has 116 valence electrons. The minimum atomic E-state index is 0.621. The lowest BCUT2D eigenvalue weighted by molar-refractivity contribution is 0.475. The van der Waals surface area contributed by atoms with E-state index in [1.54, 1.807) is 13.2 Å². The van der Waals surface area contributed by atoms with Gasteiger partial charge in [-0.2, -0.15) is 0 Å². The number of benzene rings is 1. The maximum atomic E-state index is 4.38. The van der Waals surface area contributed by atoms with Crippen molar-refractivity contribution in [1.29, 1.82) is 0 Å². The average molecular weight is 362 g/mol. The molecule has 0 bridgehead atoms. The zero-order chi connectivity index (χ0) is 15.9. The summed E-state index contributed by atoms with van der Waals surface area (Å²) in [7, 11) is 3.80. The fraction of sp³-hybridized carbons (Fsp3) is 0.312. The van der Waals surface area contributed by atoms with Gasteiger partial charge in [-0.25, -0.2) is 9.97 Å². The van der Waals surface area contributed by atoms with Crippen molar-refractivity contribution >= 4 is 21.9 Å². The molecule has 0 aliphatic carbocycles. The molecule has 0 saturated heterocycles. The molecule has 0 atom stereocenters. The van der Waals surface area contributed by atoms with Gasteiger partial charge in [0.1, 0.15) is 5.82 Å². The molecule has 2 aromatic rings. The van der Waals surface area contributed by atoms with Gasteiger partial charge in [0.05, 0.1) is 12.2 Å². The number of nitrogens with one attached hydrogen (secondary N) is 1. The van der Waals surface area contributed by atoms with Gasteiger partial charge < -0.3 is 10.2 Å². The third-order valence-corrected chi connectivity index (χ3v) is 3.97. The quantitative estimate of drug-likeness (QED) is 0.671. The Balaban J connectivity index is 1.98. The molecule has 6 heteroatoms. The minimum Gasteiger partial charge on any atom is -0.351 e. The molecular weight excluding hydrogens is 342 g/mol. The van der Waals surface area contributed by atoms with E-state index in [2.05, 4.69) is 47.2 Å². The number of halogens is 1. The second kappa shape index (κ2) is 7.89. The lowest BCUT2D eigenvalue weighted by atomic mass is 10.2. The van der Waals surface area contributed by atoms with Crippen molar-refractivity contribution in [3.05, 3.63) is 58.1 Å². The number of guanidine groups is 1. The Morgan fingerprint density at radius 1 is 1.32 bits per heavy atom. The second-order valence-electron chi connectivity index (χ2n) is 4.94. The fourth-order valence-corrected chi connectivity index (χ4v) is 2.53. The number of nitrogens with zero attached hydrogens (tertiary/aromatic N) is 4. The van der Waals surface area contributed by atoms with Crippen molar-refractivity contribution in [2.24, 2.45) is 4.99 Å². The highest BCUT2D eigenvalue weighted by molar-refractivity contribution is 9.10. The van der Waals surface area contributed by atoms with Crippen molar-refractivity contribution in [1.82, 2.24) is 20.2 Å². The van der Waals surface area contributed by atoms with E-state index >= 15 is 0 Å². The van der Waals surface area contributed by atoms with Gasteiger partial charge in [-0.15, -0.1) is 0 Å². The summed E-state index contributed by atoms with van der Waals surface area (Å²) < 4.78 is 1.10. The molecule has 1 heterocycles. The second-order valence-corrected chi connectivity index (χ2v) is 5.80. The number of hydrogen-bond acceptors (Lipinski definition) is 3. The first-order chi connectivity index (χ1) is 10.6. The standard InChI is InChI=1S/C16H20BrN5/c1-12-19-9-8-14(21-12)10-20-16(18-2)22(3)11-13-6-4-5-7-15(13)17/h4-9H,10-11H2,1-3H3,(H,18,20). The Morgan fingerprint density at radius 3 is 2.77 bits per heavy atom. The molecule has 1 N–H and O–H groups in total. The van der Waals surface area contributed by atoms with Crippen LogP contribution in [0.3, 0.4) is 0 Å². The van der Waals surface area contributed by atoms with Crippen LogP contribution in [0.15, 0.2) is 46.0 Å². The van der Waals surface area contributed by atoms with E-state index in [0.29, 0.717) is 6.54 Å². The summed E-state index contributed by atoms with van der Waals surface area (Å²) >= 11 is 3.58. The fourth-order valence-electron chi connectivity index (χ4n) is 2.11. The molecular formula is C16H20BrN5. The summed E-state index contributed by atoms with van der Waals surface area (Å²) in [6.07, 6.45) is 1.77. The molecule has 5 nitrogen and oxygen atoms in total. The lowest BCUT2D eigenvalue weighted by Gasteiger charge is -2.22. The Labute approximate surface area is 139 Å². The number of aromatic nitrogens is 2. The van der Waals surface area contributed by atoms with Crippen LogP contribution < -0.4 is 5.32 Å². The van der Waals surface area contributed by atoms with Crippen molar-refractivity contribution in [3.63, 3.8) is 0 Å². The SMILES string of the molecule is CN=C(NCc1ccnc(C)n1)N(C)Cc1ccccc1Br. The smallest absolute Gasteiger partial charge is 0.194 e. The molecule has 2 rings (SSSR count). The third-order valence-electron chi connectivity index (χ3n) is 3.20. The van der Waals surface area contributed by atoms with Crippen molar-refractivity contribution < 1.29 is 0 Å². The van der Waals surface area contributed by atoms with Gasteiger partial charge in [0.2, 0.25) is 0 Å². The molecule has 22 heavy (non-hydrogen) atoms. The van der Waals surface area contributed by atoms with Crippen molar-refractivity contribution in [2.45, 2.75) is 20.0 Å². The van der Waals surface area contributed by atoms with Crippen LogP contribution in [0.1, 0.15) is 17.1 Å². The molecule has 0 amide bonds. The number of aryl methyl sites for hydroxylation is 1. The number of rotatable bonds is 4. The predicted molar refractivity (Wildman–Crippen MR) is 92.6 cm³/mol. The van der Waals surface area contributed by atoms with Gasteiger partial charge in [-0.1, -0.05) is 34.1 Å². The van der Waals surface area contributed by atoms with Crippen molar-refractivity contribution in [3.8, 4) is 0 Å². The van der Waals surface area contributed by atoms with Crippen LogP contribution in [0.25, 0.3) is 0 Å². The van der Waals surface area contributed by atoms with Gasteiger partial charge in [-0.3, -0.25) is 4.99 Å². The third kappa shape index (κ3) is 4.53. The largest absolute Gasteiger partial charge is 0.351 e. The zero-order valence-electron chi connectivity index (χ0n) is 13.0. The van der Waals surface area contributed by atoms with Crippen LogP contribution in [-0.4, -0.2) is 34.9 Å². The Hall–Kier alpha value is -1.95. The highest BCUT2D eigenvalue weighted by atomic mass is 79.9. The highest BCUT2D eigenvalue weighted by Crippen LogP contribution is 2.17. The van der Waals surface area contributed by atoms with Gasteiger partial charge in [0.15, 0.2) is 5.96 Å². The first kappa shape index (κ1) is 16.4. The summed E-state index contributed by atoms with van der Waals surface area (Å²) in [5.74, 6) is 1.60. The molecule has 1 aromatic heterocycles. The van der Waals surface area contributed by atoms with E-state index in [-0.39, 0.29) is 0 Å². The monoisotopic (exact) mass is 361 g/mol. The van der Waals surface area contributed by atoms with Crippen LogP contribution in [-0.2, 0) is 13.1 Å². The highest BCUT2D eigenvalue weighted by Gasteiger charge is 2.08. The molecule has 1 aromatic carbocycles. The molecule has 0 radical (unpaired) electrons. The maximum Gasteiger partial charge on any atom is 0.194 e. The first-order valence-corrected chi connectivity index (χ1v) is 7.83. The summed E-state index contributed by atoms with van der Waals surface area (Å²) in [5.41, 5.74) is 2.16.